The highest BCUT2D eigenvalue weighted by atomic mass is 35.5. The maximum atomic E-state index is 13.5. The maximum absolute atomic E-state index is 13.5. The summed E-state index contributed by atoms with van der Waals surface area (Å²) in [5.74, 6) is 0.503. The molecule has 0 radical (unpaired) electrons. The van der Waals surface area contributed by atoms with Crippen molar-refractivity contribution in [2.45, 2.75) is 29.1 Å². The number of aromatic nitrogens is 4. The molecule has 2 aromatic heterocycles. The average Bonchev–Trinajstić information content (AvgIpc) is 3.20. The molecule has 0 bridgehead atoms. The lowest BCUT2D eigenvalue weighted by atomic mass is 10.2. The quantitative estimate of drug-likeness (QED) is 0.177. The molecule has 4 rings (SSSR count). The van der Waals surface area contributed by atoms with Gasteiger partial charge in [0.15, 0.2) is 8.29 Å². The molecule has 15 heteroatoms. The van der Waals surface area contributed by atoms with Crippen LogP contribution in [0, 0.1) is 9.77 Å². The molecule has 0 amide bonds. The molecule has 194 valence electrons. The van der Waals surface area contributed by atoms with Gasteiger partial charge in [0.2, 0.25) is 10.0 Å². The van der Waals surface area contributed by atoms with Crippen LogP contribution in [0.15, 0.2) is 52.0 Å². The number of sulfonamides is 1. The fourth-order valence-electron chi connectivity index (χ4n) is 3.15. The molecule has 2 heterocycles. The lowest BCUT2D eigenvalue weighted by molar-refractivity contribution is -0.116. The van der Waals surface area contributed by atoms with Gasteiger partial charge in [-0.25, -0.2) is 32.2 Å². The van der Waals surface area contributed by atoms with E-state index in [1.165, 1.54) is 66.7 Å². The van der Waals surface area contributed by atoms with Crippen molar-refractivity contribution in [2.24, 2.45) is 0 Å². The molecule has 0 saturated heterocycles. The molecule has 2 N–H and O–H groups in total. The number of carbonyl (C=O) groups is 1. The van der Waals surface area contributed by atoms with E-state index in [1.807, 2.05) is 0 Å². The maximum Gasteiger partial charge on any atom is 0.240 e. The Hall–Kier alpha value is -2.49. The van der Waals surface area contributed by atoms with Crippen molar-refractivity contribution in [2.75, 3.05) is 17.6 Å². The van der Waals surface area contributed by atoms with Crippen LogP contribution < -0.4 is 10.0 Å². The summed E-state index contributed by atoms with van der Waals surface area (Å²) < 4.78 is 44.9. The number of fused-ring (bicyclic) bond motifs is 1. The number of Topliss-reactive ketones (excluding diaryl/α,β-unsaturated/α-hetero) is 1. The van der Waals surface area contributed by atoms with E-state index in [1.54, 1.807) is 10.7 Å². The fraction of sp³-hybridized carbons (Fsp3) is 0.227. The minimum Gasteiger partial charge on any atom is -0.340 e. The number of nitrogens with one attached hydrogen (secondary N) is 2. The van der Waals surface area contributed by atoms with Crippen molar-refractivity contribution in [3.63, 3.8) is 0 Å². The second kappa shape index (κ2) is 11.9. The van der Waals surface area contributed by atoms with E-state index >= 15 is 0 Å². The number of ketones is 1. The van der Waals surface area contributed by atoms with Crippen molar-refractivity contribution < 1.29 is 17.6 Å². The first kappa shape index (κ1) is 27.5. The summed E-state index contributed by atoms with van der Waals surface area (Å²) in [5.41, 5.74) is 1.00. The average molecular weight is 599 g/mol. The molecular weight excluding hydrogens is 579 g/mol. The summed E-state index contributed by atoms with van der Waals surface area (Å²) in [6.45, 7) is 1.85. The van der Waals surface area contributed by atoms with Gasteiger partial charge in [0.1, 0.15) is 23.7 Å². The van der Waals surface area contributed by atoms with Gasteiger partial charge in [0.05, 0.1) is 22.0 Å². The molecule has 0 saturated carbocycles. The Morgan fingerprint density at radius 3 is 2.81 bits per heavy atom. The largest absolute Gasteiger partial charge is 0.340 e. The van der Waals surface area contributed by atoms with E-state index in [0.29, 0.717) is 38.5 Å². The van der Waals surface area contributed by atoms with E-state index in [-0.39, 0.29) is 28.8 Å². The Kier molecular flexibility index (Phi) is 8.87. The number of hydrogen-bond donors (Lipinski definition) is 2. The number of nitrogens with zero attached hydrogens (tertiary/aromatic N) is 4. The van der Waals surface area contributed by atoms with Crippen molar-refractivity contribution in [3.05, 3.63) is 57.5 Å². The number of anilines is 2. The van der Waals surface area contributed by atoms with Crippen LogP contribution in [0.4, 0.5) is 15.9 Å². The minimum atomic E-state index is -3.87. The van der Waals surface area contributed by atoms with Gasteiger partial charge < -0.3 is 5.32 Å². The SMILES string of the molecule is CC(=O)CCSc1nn(CCNS(=O)(=O)c2ccc3ncnc(Nc4ccc(F)c(Cl)c4)c3c2)c(=S)s1. The van der Waals surface area contributed by atoms with Crippen LogP contribution in [0.1, 0.15) is 13.3 Å². The molecule has 0 spiro atoms. The predicted molar refractivity (Wildman–Crippen MR) is 146 cm³/mol. The highest BCUT2D eigenvalue weighted by Gasteiger charge is 2.17. The first-order valence-electron chi connectivity index (χ1n) is 10.8. The minimum absolute atomic E-state index is 0.0253. The summed E-state index contributed by atoms with van der Waals surface area (Å²) in [4.78, 5) is 19.5. The smallest absolute Gasteiger partial charge is 0.240 e. The van der Waals surface area contributed by atoms with Gasteiger partial charge in [0, 0.05) is 29.8 Å². The van der Waals surface area contributed by atoms with E-state index in [9.17, 15) is 17.6 Å². The summed E-state index contributed by atoms with van der Waals surface area (Å²) in [6, 6.07) is 8.61. The van der Waals surface area contributed by atoms with Crippen molar-refractivity contribution in [3.8, 4) is 0 Å². The second-order valence-electron chi connectivity index (χ2n) is 7.71. The molecule has 0 fully saturated rings. The van der Waals surface area contributed by atoms with Crippen LogP contribution in [0.25, 0.3) is 10.9 Å². The van der Waals surface area contributed by atoms with Crippen molar-refractivity contribution >= 4 is 85.1 Å². The third-order valence-electron chi connectivity index (χ3n) is 4.98. The zero-order valence-electron chi connectivity index (χ0n) is 19.3. The van der Waals surface area contributed by atoms with Gasteiger partial charge in [-0.3, -0.25) is 4.79 Å². The van der Waals surface area contributed by atoms with Crippen molar-refractivity contribution in [1.29, 1.82) is 0 Å². The van der Waals surface area contributed by atoms with Crippen LogP contribution in [0.5, 0.6) is 0 Å². The third-order valence-corrected chi connectivity index (χ3v) is 9.17. The molecule has 0 aliphatic heterocycles. The number of benzene rings is 2. The number of halogens is 2. The van der Waals surface area contributed by atoms with Crippen LogP contribution in [0.3, 0.4) is 0 Å². The highest BCUT2D eigenvalue weighted by Crippen LogP contribution is 2.28. The normalized spacial score (nSPS) is 11.6. The van der Waals surface area contributed by atoms with E-state index < -0.39 is 15.8 Å². The zero-order valence-corrected chi connectivity index (χ0v) is 23.3. The molecule has 0 unspecified atom stereocenters. The Bertz CT molecular complexity index is 1630. The van der Waals surface area contributed by atoms with Gasteiger partial charge in [-0.2, -0.15) is 5.10 Å². The van der Waals surface area contributed by atoms with Crippen LogP contribution in [-0.2, 0) is 21.4 Å². The molecular formula is C22H20ClFN6O3S4. The summed E-state index contributed by atoms with van der Waals surface area (Å²) in [6.07, 6.45) is 1.79. The van der Waals surface area contributed by atoms with Crippen LogP contribution >= 0.6 is 46.9 Å². The Morgan fingerprint density at radius 2 is 2.05 bits per heavy atom. The zero-order chi connectivity index (χ0) is 26.6. The Labute approximate surface area is 230 Å². The lowest BCUT2D eigenvalue weighted by Gasteiger charge is -2.11. The number of carbonyl (C=O) groups excluding carboxylic acids is 1. The predicted octanol–water partition coefficient (Wildman–Crippen LogP) is 5.20. The number of hydrogen-bond acceptors (Lipinski definition) is 10. The van der Waals surface area contributed by atoms with Gasteiger partial charge in [-0.15, -0.1) is 0 Å². The van der Waals surface area contributed by atoms with Gasteiger partial charge in [0.25, 0.3) is 0 Å². The monoisotopic (exact) mass is 598 g/mol. The van der Waals surface area contributed by atoms with Gasteiger partial charge in [-0.1, -0.05) is 34.7 Å². The second-order valence-corrected chi connectivity index (χ2v) is 12.8. The lowest BCUT2D eigenvalue weighted by Crippen LogP contribution is -2.27. The molecule has 2 aromatic carbocycles. The van der Waals surface area contributed by atoms with Gasteiger partial charge >= 0.3 is 0 Å². The Morgan fingerprint density at radius 1 is 1.24 bits per heavy atom. The number of rotatable bonds is 11. The Balaban J connectivity index is 1.47. The topological polar surface area (TPSA) is 119 Å². The van der Waals surface area contributed by atoms with E-state index in [4.69, 9.17) is 23.8 Å². The first-order valence-corrected chi connectivity index (χ1v) is 14.9. The summed E-state index contributed by atoms with van der Waals surface area (Å²) in [5, 5.41) is 7.82. The fourth-order valence-corrected chi connectivity index (χ4v) is 6.87. The van der Waals surface area contributed by atoms with Gasteiger partial charge in [-0.05, 0) is 55.5 Å². The molecule has 4 aromatic rings. The highest BCUT2D eigenvalue weighted by molar-refractivity contribution is 8.01. The summed E-state index contributed by atoms with van der Waals surface area (Å²) in [7, 11) is -3.87. The standard InChI is InChI=1S/C22H20ClFN6O3S4/c1-13(31)6-9-35-21-29-30(22(34)36-21)8-7-27-37(32,33)15-3-5-19-16(11-15)20(26-12-25-19)28-14-2-4-18(24)17(23)10-14/h2-5,10-12,27H,6-9H2,1H3,(H,25,26,28). The van der Waals surface area contributed by atoms with Crippen LogP contribution in [-0.4, -0.2) is 46.2 Å². The molecule has 0 aliphatic rings. The summed E-state index contributed by atoms with van der Waals surface area (Å²) >= 11 is 13.9. The molecule has 0 aliphatic carbocycles. The van der Waals surface area contributed by atoms with E-state index in [0.717, 1.165) is 4.34 Å². The molecule has 0 atom stereocenters. The van der Waals surface area contributed by atoms with Crippen LogP contribution in [0.2, 0.25) is 5.02 Å². The van der Waals surface area contributed by atoms with E-state index in [2.05, 4.69) is 25.1 Å². The number of thioether (sulfide) groups is 1. The first-order chi connectivity index (χ1) is 17.6. The molecule has 9 nitrogen and oxygen atoms in total. The molecule has 37 heavy (non-hydrogen) atoms. The van der Waals surface area contributed by atoms with Crippen molar-refractivity contribution in [1.82, 2.24) is 24.5 Å². The third kappa shape index (κ3) is 7.09.